The van der Waals surface area contributed by atoms with Crippen LogP contribution in [0.3, 0.4) is 0 Å². The molecular weight excluding hydrogens is 182 g/mol. The number of esters is 1. The molecule has 0 saturated carbocycles. The summed E-state index contributed by atoms with van der Waals surface area (Å²) in [5, 5.41) is 0. The minimum absolute atomic E-state index is 0.0100. The molecule has 0 amide bonds. The van der Waals surface area contributed by atoms with Gasteiger partial charge in [0.15, 0.2) is 0 Å². The number of likely N-dealkylation sites (tertiary alicyclic amines) is 1. The van der Waals surface area contributed by atoms with Crippen LogP contribution in [-0.4, -0.2) is 49.8 Å². The number of carbonyl (C=O) groups excluding carboxylic acids is 1. The SMILES string of the molecule is COC(=O)[C@H]1CCN1C[C@H]1CCCO1. The number of hydrogen-bond donors (Lipinski definition) is 0. The summed E-state index contributed by atoms with van der Waals surface area (Å²) < 4.78 is 10.3. The van der Waals surface area contributed by atoms with E-state index in [0.717, 1.165) is 39.0 Å². The third-order valence-corrected chi connectivity index (χ3v) is 3.07. The van der Waals surface area contributed by atoms with Gasteiger partial charge in [-0.3, -0.25) is 9.69 Å². The number of ether oxygens (including phenoxy) is 2. The van der Waals surface area contributed by atoms with Crippen molar-refractivity contribution in [3.63, 3.8) is 0 Å². The van der Waals surface area contributed by atoms with Crippen molar-refractivity contribution in [2.45, 2.75) is 31.4 Å². The van der Waals surface area contributed by atoms with E-state index in [1.807, 2.05) is 0 Å². The van der Waals surface area contributed by atoms with Crippen molar-refractivity contribution in [3.05, 3.63) is 0 Å². The second-order valence-electron chi connectivity index (χ2n) is 3.96. The molecule has 0 N–H and O–H groups in total. The molecule has 0 spiro atoms. The van der Waals surface area contributed by atoms with Gasteiger partial charge in [-0.05, 0) is 19.3 Å². The maximum Gasteiger partial charge on any atom is 0.323 e. The van der Waals surface area contributed by atoms with Crippen LogP contribution in [0.4, 0.5) is 0 Å². The first-order valence-corrected chi connectivity index (χ1v) is 5.24. The van der Waals surface area contributed by atoms with Gasteiger partial charge in [0.1, 0.15) is 6.04 Å². The minimum atomic E-state index is -0.103. The molecule has 0 aromatic heterocycles. The van der Waals surface area contributed by atoms with E-state index in [-0.39, 0.29) is 12.0 Å². The normalized spacial score (nSPS) is 32.6. The van der Waals surface area contributed by atoms with E-state index in [4.69, 9.17) is 9.47 Å². The Bertz CT molecular complexity index is 213. The number of rotatable bonds is 3. The van der Waals surface area contributed by atoms with Crippen molar-refractivity contribution in [2.75, 3.05) is 26.8 Å². The fraction of sp³-hybridized carbons (Fsp3) is 0.900. The summed E-state index contributed by atoms with van der Waals surface area (Å²) in [7, 11) is 1.45. The molecule has 2 atom stereocenters. The van der Waals surface area contributed by atoms with Crippen LogP contribution in [-0.2, 0) is 14.3 Å². The van der Waals surface area contributed by atoms with Crippen molar-refractivity contribution in [2.24, 2.45) is 0 Å². The molecule has 0 bridgehead atoms. The average molecular weight is 199 g/mol. The second kappa shape index (κ2) is 4.28. The Morgan fingerprint density at radius 3 is 2.93 bits per heavy atom. The van der Waals surface area contributed by atoms with Crippen LogP contribution in [0.15, 0.2) is 0 Å². The molecule has 0 radical (unpaired) electrons. The molecule has 2 heterocycles. The van der Waals surface area contributed by atoms with Gasteiger partial charge in [0.25, 0.3) is 0 Å². The summed E-state index contributed by atoms with van der Waals surface area (Å²) in [6.07, 6.45) is 3.55. The first kappa shape index (κ1) is 9.93. The highest BCUT2D eigenvalue weighted by atomic mass is 16.5. The summed E-state index contributed by atoms with van der Waals surface area (Å²) in [4.78, 5) is 13.4. The third kappa shape index (κ3) is 1.91. The Labute approximate surface area is 84.2 Å². The topological polar surface area (TPSA) is 38.8 Å². The monoisotopic (exact) mass is 199 g/mol. The number of methoxy groups -OCH3 is 1. The average Bonchev–Trinajstić information content (AvgIpc) is 2.64. The van der Waals surface area contributed by atoms with Crippen LogP contribution in [0.1, 0.15) is 19.3 Å². The Morgan fingerprint density at radius 2 is 2.43 bits per heavy atom. The lowest BCUT2D eigenvalue weighted by Crippen LogP contribution is -2.54. The number of carbonyl (C=O) groups is 1. The van der Waals surface area contributed by atoms with Gasteiger partial charge in [0.05, 0.1) is 13.2 Å². The Hall–Kier alpha value is -0.610. The van der Waals surface area contributed by atoms with Crippen molar-refractivity contribution < 1.29 is 14.3 Å². The van der Waals surface area contributed by atoms with Crippen LogP contribution in [0.25, 0.3) is 0 Å². The van der Waals surface area contributed by atoms with Gasteiger partial charge in [-0.15, -0.1) is 0 Å². The van der Waals surface area contributed by atoms with E-state index in [1.54, 1.807) is 0 Å². The highest BCUT2D eigenvalue weighted by molar-refractivity contribution is 5.76. The van der Waals surface area contributed by atoms with Gasteiger partial charge in [-0.2, -0.15) is 0 Å². The summed E-state index contributed by atoms with van der Waals surface area (Å²) in [6, 6.07) is -0.0100. The Morgan fingerprint density at radius 1 is 1.57 bits per heavy atom. The zero-order valence-electron chi connectivity index (χ0n) is 8.57. The Balaban J connectivity index is 1.78. The van der Waals surface area contributed by atoms with Crippen molar-refractivity contribution in [3.8, 4) is 0 Å². The highest BCUT2D eigenvalue weighted by Crippen LogP contribution is 2.22. The highest BCUT2D eigenvalue weighted by Gasteiger charge is 2.36. The molecule has 2 aliphatic heterocycles. The lowest BCUT2D eigenvalue weighted by atomic mass is 10.0. The minimum Gasteiger partial charge on any atom is -0.468 e. The quantitative estimate of drug-likeness (QED) is 0.617. The zero-order chi connectivity index (χ0) is 9.97. The summed E-state index contributed by atoms with van der Waals surface area (Å²) in [5.41, 5.74) is 0. The molecule has 0 aliphatic carbocycles. The molecule has 2 fully saturated rings. The van der Waals surface area contributed by atoms with E-state index in [2.05, 4.69) is 4.90 Å². The molecule has 80 valence electrons. The first-order chi connectivity index (χ1) is 6.81. The number of nitrogens with zero attached hydrogens (tertiary/aromatic N) is 1. The van der Waals surface area contributed by atoms with Crippen molar-refractivity contribution in [1.82, 2.24) is 4.90 Å². The standard InChI is InChI=1S/C10H17NO3/c1-13-10(12)9-4-5-11(9)7-8-3-2-6-14-8/h8-9H,2-7H2,1H3/t8-,9-/m1/s1. The summed E-state index contributed by atoms with van der Waals surface area (Å²) in [6.45, 7) is 2.76. The van der Waals surface area contributed by atoms with E-state index in [9.17, 15) is 4.79 Å². The summed E-state index contributed by atoms with van der Waals surface area (Å²) >= 11 is 0. The molecule has 14 heavy (non-hydrogen) atoms. The second-order valence-corrected chi connectivity index (χ2v) is 3.96. The number of hydrogen-bond acceptors (Lipinski definition) is 4. The molecule has 2 aliphatic rings. The maximum absolute atomic E-state index is 11.3. The van der Waals surface area contributed by atoms with Crippen molar-refractivity contribution in [1.29, 1.82) is 0 Å². The largest absolute Gasteiger partial charge is 0.468 e. The lowest BCUT2D eigenvalue weighted by molar-refractivity contribution is -0.152. The Kier molecular flexibility index (Phi) is 3.03. The van der Waals surface area contributed by atoms with Gasteiger partial charge in [0, 0.05) is 19.7 Å². The molecular formula is C10H17NO3. The molecule has 2 rings (SSSR count). The van der Waals surface area contributed by atoms with E-state index in [0.29, 0.717) is 6.10 Å². The third-order valence-electron chi connectivity index (χ3n) is 3.07. The maximum atomic E-state index is 11.3. The van der Waals surface area contributed by atoms with E-state index in [1.165, 1.54) is 7.11 Å². The molecule has 4 nitrogen and oxygen atoms in total. The fourth-order valence-electron chi connectivity index (χ4n) is 2.11. The van der Waals surface area contributed by atoms with Crippen LogP contribution in [0, 0.1) is 0 Å². The first-order valence-electron chi connectivity index (χ1n) is 5.24. The van der Waals surface area contributed by atoms with Crippen LogP contribution in [0.2, 0.25) is 0 Å². The molecule has 4 heteroatoms. The molecule has 0 aromatic carbocycles. The van der Waals surface area contributed by atoms with Crippen LogP contribution < -0.4 is 0 Å². The fourth-order valence-corrected chi connectivity index (χ4v) is 2.11. The summed E-state index contributed by atoms with van der Waals surface area (Å²) in [5.74, 6) is -0.103. The zero-order valence-corrected chi connectivity index (χ0v) is 8.57. The van der Waals surface area contributed by atoms with Crippen LogP contribution >= 0.6 is 0 Å². The van der Waals surface area contributed by atoms with Gasteiger partial charge >= 0.3 is 5.97 Å². The van der Waals surface area contributed by atoms with Crippen LogP contribution in [0.5, 0.6) is 0 Å². The molecule has 0 aromatic rings. The van der Waals surface area contributed by atoms with Gasteiger partial charge < -0.3 is 9.47 Å². The lowest BCUT2D eigenvalue weighted by Gasteiger charge is -2.39. The predicted molar refractivity (Wildman–Crippen MR) is 51.0 cm³/mol. The van der Waals surface area contributed by atoms with Gasteiger partial charge in [-0.1, -0.05) is 0 Å². The van der Waals surface area contributed by atoms with Gasteiger partial charge in [-0.25, -0.2) is 0 Å². The van der Waals surface area contributed by atoms with E-state index >= 15 is 0 Å². The molecule has 2 saturated heterocycles. The molecule has 0 unspecified atom stereocenters. The van der Waals surface area contributed by atoms with Gasteiger partial charge in [0.2, 0.25) is 0 Å². The smallest absolute Gasteiger partial charge is 0.323 e. The van der Waals surface area contributed by atoms with Crippen molar-refractivity contribution >= 4 is 5.97 Å². The van der Waals surface area contributed by atoms with E-state index < -0.39 is 0 Å². The predicted octanol–water partition coefficient (Wildman–Crippen LogP) is 0.413.